The summed E-state index contributed by atoms with van der Waals surface area (Å²) in [5.74, 6) is -0.181. The first-order chi connectivity index (χ1) is 13.1. The number of carbonyl (C=O) groups excluding carboxylic acids is 1. The standard InChI is InChI=1S/C20H26N2O5/c1-27-20(26)19-17(11-2-3-11)18(16(22-19)6-7-21)13-5-4-12(8-23)14(9-24)15(13)10-25/h4-5,11,22-25H,2-3,6-10,21H2,1H3. The van der Waals surface area contributed by atoms with Crippen LogP contribution in [0.5, 0.6) is 0 Å². The second-order valence-electron chi connectivity index (χ2n) is 6.78. The van der Waals surface area contributed by atoms with E-state index in [1.165, 1.54) is 7.11 Å². The molecule has 1 saturated carbocycles. The Bertz CT molecular complexity index is 839. The van der Waals surface area contributed by atoms with Gasteiger partial charge < -0.3 is 30.8 Å². The summed E-state index contributed by atoms with van der Waals surface area (Å²) < 4.78 is 4.95. The maximum atomic E-state index is 12.3. The van der Waals surface area contributed by atoms with Crippen molar-refractivity contribution in [1.82, 2.24) is 4.98 Å². The molecule has 2 aromatic rings. The van der Waals surface area contributed by atoms with E-state index in [4.69, 9.17) is 10.5 Å². The number of ether oxygens (including phenoxy) is 1. The number of carbonyl (C=O) groups is 1. The Hall–Kier alpha value is -2.19. The van der Waals surface area contributed by atoms with Crippen LogP contribution in [0.1, 0.15) is 57.2 Å². The van der Waals surface area contributed by atoms with E-state index < -0.39 is 5.97 Å². The molecule has 27 heavy (non-hydrogen) atoms. The van der Waals surface area contributed by atoms with Gasteiger partial charge >= 0.3 is 5.97 Å². The van der Waals surface area contributed by atoms with Gasteiger partial charge in [0.2, 0.25) is 0 Å². The highest BCUT2D eigenvalue weighted by Crippen LogP contribution is 2.48. The molecule has 0 unspecified atom stereocenters. The van der Waals surface area contributed by atoms with Gasteiger partial charge in [-0.15, -0.1) is 0 Å². The molecule has 0 saturated heterocycles. The van der Waals surface area contributed by atoms with Crippen molar-refractivity contribution in [2.24, 2.45) is 5.73 Å². The quantitative estimate of drug-likeness (QED) is 0.443. The fourth-order valence-electron chi connectivity index (χ4n) is 3.75. The topological polar surface area (TPSA) is 129 Å². The van der Waals surface area contributed by atoms with Crippen molar-refractivity contribution in [2.75, 3.05) is 13.7 Å². The van der Waals surface area contributed by atoms with E-state index in [0.29, 0.717) is 35.3 Å². The van der Waals surface area contributed by atoms with Crippen LogP contribution >= 0.6 is 0 Å². The number of aromatic nitrogens is 1. The number of nitrogens with two attached hydrogens (primary N) is 1. The first-order valence-electron chi connectivity index (χ1n) is 9.10. The lowest BCUT2D eigenvalue weighted by Crippen LogP contribution is -2.07. The molecule has 1 aromatic carbocycles. The summed E-state index contributed by atoms with van der Waals surface area (Å²) in [5, 5.41) is 29.4. The predicted octanol–water partition coefficient (Wildman–Crippen LogP) is 1.32. The molecule has 3 rings (SSSR count). The van der Waals surface area contributed by atoms with Gasteiger partial charge in [0.15, 0.2) is 0 Å². The van der Waals surface area contributed by atoms with Crippen LogP contribution in [0.4, 0.5) is 0 Å². The third kappa shape index (κ3) is 3.51. The van der Waals surface area contributed by atoms with Crippen LogP contribution in [0, 0.1) is 0 Å². The van der Waals surface area contributed by atoms with E-state index in [9.17, 15) is 20.1 Å². The Balaban J connectivity index is 2.30. The van der Waals surface area contributed by atoms with Crippen molar-refractivity contribution >= 4 is 5.97 Å². The average molecular weight is 374 g/mol. The number of H-pyrrole nitrogens is 1. The largest absolute Gasteiger partial charge is 0.464 e. The van der Waals surface area contributed by atoms with Gasteiger partial charge in [-0.25, -0.2) is 4.79 Å². The molecular weight excluding hydrogens is 348 g/mol. The van der Waals surface area contributed by atoms with Crippen LogP contribution in [-0.4, -0.2) is 39.9 Å². The Kier molecular flexibility index (Phi) is 5.96. The van der Waals surface area contributed by atoms with Crippen molar-refractivity contribution in [3.63, 3.8) is 0 Å². The summed E-state index contributed by atoms with van der Waals surface area (Å²) in [7, 11) is 1.35. The second kappa shape index (κ2) is 8.22. The molecule has 146 valence electrons. The van der Waals surface area contributed by atoms with E-state index >= 15 is 0 Å². The van der Waals surface area contributed by atoms with E-state index in [0.717, 1.165) is 35.2 Å². The second-order valence-corrected chi connectivity index (χ2v) is 6.78. The molecule has 1 aliphatic rings. The van der Waals surface area contributed by atoms with Crippen LogP contribution in [-0.2, 0) is 31.0 Å². The summed E-state index contributed by atoms with van der Waals surface area (Å²) in [6.07, 6.45) is 2.49. The highest BCUT2D eigenvalue weighted by Gasteiger charge is 2.35. The number of benzene rings is 1. The molecule has 7 nitrogen and oxygen atoms in total. The van der Waals surface area contributed by atoms with Crippen molar-refractivity contribution < 1.29 is 24.9 Å². The lowest BCUT2D eigenvalue weighted by Gasteiger charge is -2.17. The van der Waals surface area contributed by atoms with Gasteiger partial charge in [0.05, 0.1) is 26.9 Å². The normalized spacial score (nSPS) is 13.8. The molecule has 7 heteroatoms. The summed E-state index contributed by atoms with van der Waals surface area (Å²) in [6.45, 7) is -0.411. The van der Waals surface area contributed by atoms with Gasteiger partial charge in [0.1, 0.15) is 5.69 Å². The molecule has 1 aromatic heterocycles. The molecule has 0 amide bonds. The summed E-state index contributed by atoms with van der Waals surface area (Å²) >= 11 is 0. The van der Waals surface area contributed by atoms with Gasteiger partial charge in [-0.1, -0.05) is 12.1 Å². The van der Waals surface area contributed by atoms with Gasteiger partial charge in [-0.2, -0.15) is 0 Å². The maximum absolute atomic E-state index is 12.3. The van der Waals surface area contributed by atoms with Gasteiger partial charge in [-0.05, 0) is 53.1 Å². The van der Waals surface area contributed by atoms with Crippen molar-refractivity contribution in [1.29, 1.82) is 0 Å². The fourth-order valence-corrected chi connectivity index (χ4v) is 3.75. The van der Waals surface area contributed by atoms with Gasteiger partial charge in [-0.3, -0.25) is 0 Å². The lowest BCUT2D eigenvalue weighted by atomic mass is 9.88. The Morgan fingerprint density at radius 2 is 1.89 bits per heavy atom. The predicted molar refractivity (Wildman–Crippen MR) is 100 cm³/mol. The molecule has 6 N–H and O–H groups in total. The lowest BCUT2D eigenvalue weighted by molar-refractivity contribution is 0.0593. The Morgan fingerprint density at radius 1 is 1.19 bits per heavy atom. The number of aromatic amines is 1. The molecular formula is C20H26N2O5. The number of esters is 1. The van der Waals surface area contributed by atoms with Crippen LogP contribution in [0.2, 0.25) is 0 Å². The SMILES string of the molecule is COC(=O)c1[nH]c(CCN)c(-c2ccc(CO)c(CO)c2CO)c1C1CC1. The molecule has 0 spiro atoms. The van der Waals surface area contributed by atoms with Crippen LogP contribution in [0.3, 0.4) is 0 Å². The summed E-state index contributed by atoms with van der Waals surface area (Å²) in [6, 6.07) is 3.57. The van der Waals surface area contributed by atoms with E-state index in [1.54, 1.807) is 6.07 Å². The Morgan fingerprint density at radius 3 is 2.41 bits per heavy atom. The minimum absolute atomic E-state index is 0.227. The van der Waals surface area contributed by atoms with Crippen LogP contribution in [0.25, 0.3) is 11.1 Å². The fraction of sp³-hybridized carbons (Fsp3) is 0.450. The van der Waals surface area contributed by atoms with E-state index in [2.05, 4.69) is 4.98 Å². The Labute approximate surface area is 157 Å². The number of hydrogen-bond acceptors (Lipinski definition) is 6. The molecule has 0 atom stereocenters. The number of hydrogen-bond donors (Lipinski definition) is 5. The van der Waals surface area contributed by atoms with Gasteiger partial charge in [0, 0.05) is 17.7 Å². The number of methoxy groups -OCH3 is 1. The molecule has 0 radical (unpaired) electrons. The number of aliphatic hydroxyl groups is 3. The minimum Gasteiger partial charge on any atom is -0.464 e. The molecule has 1 heterocycles. The van der Waals surface area contributed by atoms with Gasteiger partial charge in [0.25, 0.3) is 0 Å². The smallest absolute Gasteiger partial charge is 0.354 e. The average Bonchev–Trinajstić information content (AvgIpc) is 3.47. The van der Waals surface area contributed by atoms with Crippen molar-refractivity contribution in [3.8, 4) is 11.1 Å². The van der Waals surface area contributed by atoms with E-state index in [-0.39, 0.29) is 25.7 Å². The monoisotopic (exact) mass is 374 g/mol. The first kappa shape index (κ1) is 19.6. The van der Waals surface area contributed by atoms with Crippen LogP contribution < -0.4 is 5.73 Å². The molecule has 0 bridgehead atoms. The third-order valence-electron chi connectivity index (χ3n) is 5.17. The maximum Gasteiger partial charge on any atom is 0.354 e. The number of nitrogens with one attached hydrogen (secondary N) is 1. The number of aliphatic hydroxyl groups excluding tert-OH is 3. The molecule has 1 aliphatic carbocycles. The minimum atomic E-state index is -0.429. The van der Waals surface area contributed by atoms with Crippen molar-refractivity contribution in [2.45, 2.75) is 45.0 Å². The third-order valence-corrected chi connectivity index (χ3v) is 5.17. The molecule has 1 fully saturated rings. The zero-order chi connectivity index (χ0) is 19.6. The zero-order valence-corrected chi connectivity index (χ0v) is 15.4. The summed E-state index contributed by atoms with van der Waals surface area (Å²) in [5.41, 5.74) is 11.2. The van der Waals surface area contributed by atoms with Crippen molar-refractivity contribution in [3.05, 3.63) is 45.8 Å². The van der Waals surface area contributed by atoms with Crippen LogP contribution in [0.15, 0.2) is 12.1 Å². The molecule has 0 aliphatic heterocycles. The highest BCUT2D eigenvalue weighted by atomic mass is 16.5. The number of rotatable bonds is 8. The highest BCUT2D eigenvalue weighted by molar-refractivity contribution is 5.94. The first-order valence-corrected chi connectivity index (χ1v) is 9.10. The van der Waals surface area contributed by atoms with E-state index in [1.807, 2.05) is 6.07 Å². The summed E-state index contributed by atoms with van der Waals surface area (Å²) in [4.78, 5) is 15.5. The zero-order valence-electron chi connectivity index (χ0n) is 15.4.